The van der Waals surface area contributed by atoms with E-state index in [1.165, 1.54) is 44.4 Å². The SMILES string of the molecule is COc1ccc(C(C)C)cc1S(=O)(=O)NC(C)C(=O)Nc1ccc(S(N)(=O)=O)cc1. The number of sulfonamides is 2. The maximum atomic E-state index is 12.9. The number of hydrogen-bond acceptors (Lipinski definition) is 6. The van der Waals surface area contributed by atoms with Gasteiger partial charge in [0, 0.05) is 5.69 Å². The van der Waals surface area contributed by atoms with E-state index in [1.54, 1.807) is 12.1 Å². The van der Waals surface area contributed by atoms with Crippen molar-refractivity contribution in [3.8, 4) is 5.75 Å². The summed E-state index contributed by atoms with van der Waals surface area (Å²) in [5.41, 5.74) is 1.10. The van der Waals surface area contributed by atoms with Crippen molar-refractivity contribution in [2.45, 2.75) is 42.5 Å². The molecule has 164 valence electrons. The number of anilines is 1. The number of amides is 1. The molecule has 11 heteroatoms. The molecule has 1 atom stereocenters. The lowest BCUT2D eigenvalue weighted by Crippen LogP contribution is -2.41. The third-order valence-corrected chi connectivity index (χ3v) is 6.81. The smallest absolute Gasteiger partial charge is 0.244 e. The summed E-state index contributed by atoms with van der Waals surface area (Å²) in [6.07, 6.45) is 0. The first-order chi connectivity index (χ1) is 13.8. The van der Waals surface area contributed by atoms with Crippen molar-refractivity contribution in [1.29, 1.82) is 0 Å². The third-order valence-electron chi connectivity index (χ3n) is 4.32. The van der Waals surface area contributed by atoms with Gasteiger partial charge < -0.3 is 10.1 Å². The number of benzene rings is 2. The summed E-state index contributed by atoms with van der Waals surface area (Å²) in [7, 11) is -6.54. The Hall–Kier alpha value is -2.47. The van der Waals surface area contributed by atoms with E-state index in [0.29, 0.717) is 0 Å². The van der Waals surface area contributed by atoms with Crippen molar-refractivity contribution >= 4 is 31.6 Å². The Morgan fingerprint density at radius 2 is 1.60 bits per heavy atom. The molecule has 0 bridgehead atoms. The molecule has 2 rings (SSSR count). The lowest BCUT2D eigenvalue weighted by Gasteiger charge is -2.17. The lowest BCUT2D eigenvalue weighted by atomic mass is 10.0. The minimum atomic E-state index is -4.05. The van der Waals surface area contributed by atoms with Gasteiger partial charge in [-0.1, -0.05) is 19.9 Å². The third kappa shape index (κ3) is 5.79. The van der Waals surface area contributed by atoms with Crippen molar-refractivity contribution in [3.05, 3.63) is 48.0 Å². The first kappa shape index (κ1) is 23.8. The molecule has 1 amide bonds. The van der Waals surface area contributed by atoms with Crippen molar-refractivity contribution < 1.29 is 26.4 Å². The van der Waals surface area contributed by atoms with Crippen molar-refractivity contribution in [3.63, 3.8) is 0 Å². The maximum Gasteiger partial charge on any atom is 0.244 e. The minimum absolute atomic E-state index is 0.0617. The molecule has 0 saturated heterocycles. The summed E-state index contributed by atoms with van der Waals surface area (Å²) < 4.78 is 55.8. The molecule has 0 saturated carbocycles. The number of hydrogen-bond donors (Lipinski definition) is 3. The molecule has 0 aliphatic heterocycles. The molecule has 0 spiro atoms. The zero-order chi connectivity index (χ0) is 22.7. The normalized spacial score (nSPS) is 13.1. The van der Waals surface area contributed by atoms with Gasteiger partial charge in [0.1, 0.15) is 10.6 Å². The van der Waals surface area contributed by atoms with Crippen LogP contribution in [0.2, 0.25) is 0 Å². The number of primary sulfonamides is 1. The molecular weight excluding hydrogens is 430 g/mol. The molecule has 0 fully saturated rings. The number of nitrogens with one attached hydrogen (secondary N) is 2. The first-order valence-corrected chi connectivity index (χ1v) is 12.0. The molecule has 0 aliphatic carbocycles. The summed E-state index contributed by atoms with van der Waals surface area (Å²) in [6, 6.07) is 8.94. The van der Waals surface area contributed by atoms with E-state index in [4.69, 9.17) is 9.88 Å². The predicted molar refractivity (Wildman–Crippen MR) is 113 cm³/mol. The van der Waals surface area contributed by atoms with E-state index >= 15 is 0 Å². The van der Waals surface area contributed by atoms with Crippen LogP contribution < -0.4 is 19.9 Å². The Bertz CT molecular complexity index is 1130. The van der Waals surface area contributed by atoms with Gasteiger partial charge >= 0.3 is 0 Å². The molecule has 2 aromatic carbocycles. The average Bonchev–Trinajstić information content (AvgIpc) is 2.66. The van der Waals surface area contributed by atoms with Gasteiger partial charge in [-0.2, -0.15) is 4.72 Å². The van der Waals surface area contributed by atoms with Crippen LogP contribution >= 0.6 is 0 Å². The summed E-state index contributed by atoms with van der Waals surface area (Å²) in [5.74, 6) is -0.357. The van der Waals surface area contributed by atoms with E-state index in [0.717, 1.165) is 5.56 Å². The Labute approximate surface area is 176 Å². The van der Waals surface area contributed by atoms with Gasteiger partial charge in [-0.3, -0.25) is 4.79 Å². The molecule has 0 aromatic heterocycles. The second-order valence-electron chi connectivity index (χ2n) is 6.97. The van der Waals surface area contributed by atoms with Gasteiger partial charge in [-0.25, -0.2) is 22.0 Å². The maximum absolute atomic E-state index is 12.9. The van der Waals surface area contributed by atoms with Gasteiger partial charge in [0.05, 0.1) is 18.0 Å². The molecule has 9 nitrogen and oxygen atoms in total. The average molecular weight is 456 g/mol. The second kappa shape index (κ2) is 9.13. The molecule has 1 unspecified atom stereocenters. The Morgan fingerprint density at radius 1 is 1.00 bits per heavy atom. The number of rotatable bonds is 8. The summed E-state index contributed by atoms with van der Waals surface area (Å²) in [6.45, 7) is 5.26. The van der Waals surface area contributed by atoms with E-state index in [1.807, 2.05) is 13.8 Å². The molecule has 30 heavy (non-hydrogen) atoms. The Balaban J connectivity index is 2.19. The minimum Gasteiger partial charge on any atom is -0.495 e. The standard InChI is InChI=1S/C19H25N3O6S2/c1-12(2)14-5-10-17(28-4)18(11-14)30(26,27)22-13(3)19(23)21-15-6-8-16(9-7-15)29(20,24)25/h5-13,22H,1-4H3,(H,21,23)(H2,20,24,25). The van der Waals surface area contributed by atoms with Crippen LogP contribution in [0.15, 0.2) is 52.3 Å². The fourth-order valence-electron chi connectivity index (χ4n) is 2.59. The van der Waals surface area contributed by atoms with Crippen LogP contribution in [0.1, 0.15) is 32.3 Å². The highest BCUT2D eigenvalue weighted by molar-refractivity contribution is 7.89. The second-order valence-corrected chi connectivity index (χ2v) is 10.2. The Morgan fingerprint density at radius 3 is 2.10 bits per heavy atom. The number of carbonyl (C=O) groups excluding carboxylic acids is 1. The highest BCUT2D eigenvalue weighted by Crippen LogP contribution is 2.28. The topological polar surface area (TPSA) is 145 Å². The van der Waals surface area contributed by atoms with Crippen molar-refractivity contribution in [2.75, 3.05) is 12.4 Å². The van der Waals surface area contributed by atoms with E-state index < -0.39 is 32.0 Å². The van der Waals surface area contributed by atoms with Crippen LogP contribution in [0.5, 0.6) is 5.75 Å². The van der Waals surface area contributed by atoms with Crippen LogP contribution in [-0.4, -0.2) is 35.9 Å². The molecule has 2 aromatic rings. The van der Waals surface area contributed by atoms with Crippen LogP contribution in [0, 0.1) is 0 Å². The van der Waals surface area contributed by atoms with Gasteiger partial charge in [-0.15, -0.1) is 0 Å². The van der Waals surface area contributed by atoms with Crippen molar-refractivity contribution in [2.24, 2.45) is 5.14 Å². The number of ether oxygens (including phenoxy) is 1. The summed E-state index contributed by atoms with van der Waals surface area (Å²) in [4.78, 5) is 12.3. The Kier molecular flexibility index (Phi) is 7.24. The van der Waals surface area contributed by atoms with Crippen LogP contribution in [0.3, 0.4) is 0 Å². The van der Waals surface area contributed by atoms with Gasteiger partial charge in [0.15, 0.2) is 0 Å². The quantitative estimate of drug-likeness (QED) is 0.553. The van der Waals surface area contributed by atoms with Crippen LogP contribution in [-0.2, 0) is 24.8 Å². The fourth-order valence-corrected chi connectivity index (χ4v) is 4.51. The number of carbonyl (C=O) groups is 1. The number of nitrogens with two attached hydrogens (primary N) is 1. The lowest BCUT2D eigenvalue weighted by molar-refractivity contribution is -0.117. The predicted octanol–water partition coefficient (Wildman–Crippen LogP) is 1.77. The molecule has 0 radical (unpaired) electrons. The fraction of sp³-hybridized carbons (Fsp3) is 0.316. The van der Waals surface area contributed by atoms with E-state index in [9.17, 15) is 21.6 Å². The zero-order valence-corrected chi connectivity index (χ0v) is 18.7. The number of methoxy groups -OCH3 is 1. The molecule has 0 aliphatic rings. The van der Waals surface area contributed by atoms with Crippen molar-refractivity contribution in [1.82, 2.24) is 4.72 Å². The van der Waals surface area contributed by atoms with Gasteiger partial charge in [-0.05, 0) is 54.8 Å². The molecule has 4 N–H and O–H groups in total. The largest absolute Gasteiger partial charge is 0.495 e. The highest BCUT2D eigenvalue weighted by atomic mass is 32.2. The molecule has 0 heterocycles. The first-order valence-electron chi connectivity index (χ1n) is 8.99. The van der Waals surface area contributed by atoms with E-state index in [2.05, 4.69) is 10.0 Å². The van der Waals surface area contributed by atoms with Crippen LogP contribution in [0.25, 0.3) is 0 Å². The van der Waals surface area contributed by atoms with Gasteiger partial charge in [0.25, 0.3) is 0 Å². The zero-order valence-electron chi connectivity index (χ0n) is 17.0. The summed E-state index contributed by atoms with van der Waals surface area (Å²) in [5, 5.41) is 7.55. The van der Waals surface area contributed by atoms with E-state index in [-0.39, 0.29) is 27.1 Å². The van der Waals surface area contributed by atoms with Crippen LogP contribution in [0.4, 0.5) is 5.69 Å². The summed E-state index contributed by atoms with van der Waals surface area (Å²) >= 11 is 0. The molecular formula is C19H25N3O6S2. The highest BCUT2D eigenvalue weighted by Gasteiger charge is 2.26. The monoisotopic (exact) mass is 455 g/mol. The van der Waals surface area contributed by atoms with Gasteiger partial charge in [0.2, 0.25) is 26.0 Å².